The average molecular weight is 435 g/mol. The third-order valence-corrected chi connectivity index (χ3v) is 5.78. The number of methoxy groups -OCH3 is 4. The van der Waals surface area contributed by atoms with Gasteiger partial charge in [-0.15, -0.1) is 0 Å². The molecule has 0 bridgehead atoms. The van der Waals surface area contributed by atoms with E-state index in [4.69, 9.17) is 18.9 Å². The smallest absolute Gasteiger partial charge is 0.203 e. The van der Waals surface area contributed by atoms with Crippen LogP contribution in [0.4, 0.5) is 0 Å². The molecule has 0 aliphatic rings. The fourth-order valence-electron chi connectivity index (χ4n) is 4.21. The van der Waals surface area contributed by atoms with Crippen molar-refractivity contribution in [3.63, 3.8) is 0 Å². The molecule has 0 aromatic heterocycles. The van der Waals surface area contributed by atoms with Crippen LogP contribution in [0.3, 0.4) is 0 Å². The van der Waals surface area contributed by atoms with Crippen LogP contribution in [-0.2, 0) is 19.3 Å². The zero-order valence-electron chi connectivity index (χ0n) is 19.9. The first-order valence-electron chi connectivity index (χ1n) is 11.2. The topological polar surface area (TPSA) is 36.9 Å². The molecule has 0 N–H and O–H groups in total. The van der Waals surface area contributed by atoms with Crippen molar-refractivity contribution < 1.29 is 18.9 Å². The van der Waals surface area contributed by atoms with Gasteiger partial charge in [0.1, 0.15) is 5.75 Å². The van der Waals surface area contributed by atoms with Crippen LogP contribution in [0.2, 0.25) is 0 Å². The van der Waals surface area contributed by atoms with Crippen LogP contribution in [0.1, 0.15) is 36.5 Å². The molecule has 4 heteroatoms. The molecule has 0 heterocycles. The van der Waals surface area contributed by atoms with Gasteiger partial charge in [0.25, 0.3) is 0 Å². The summed E-state index contributed by atoms with van der Waals surface area (Å²) in [7, 11) is 6.65. The Labute approximate surface area is 192 Å². The molecule has 0 aliphatic carbocycles. The van der Waals surface area contributed by atoms with Gasteiger partial charge in [-0.05, 0) is 77.8 Å². The fraction of sp³-hybridized carbons (Fsp3) is 0.357. The van der Waals surface area contributed by atoms with E-state index in [0.717, 1.165) is 43.4 Å². The van der Waals surface area contributed by atoms with Crippen molar-refractivity contribution >= 4 is 0 Å². The second kappa shape index (κ2) is 11.5. The molecule has 32 heavy (non-hydrogen) atoms. The predicted molar refractivity (Wildman–Crippen MR) is 131 cm³/mol. The number of rotatable bonds is 11. The minimum Gasteiger partial charge on any atom is -0.497 e. The number of benzene rings is 3. The van der Waals surface area contributed by atoms with Crippen molar-refractivity contribution in [2.45, 2.75) is 39.0 Å². The first-order chi connectivity index (χ1) is 15.6. The van der Waals surface area contributed by atoms with E-state index >= 15 is 0 Å². The van der Waals surface area contributed by atoms with Crippen molar-refractivity contribution in [2.24, 2.45) is 0 Å². The van der Waals surface area contributed by atoms with E-state index in [1.807, 2.05) is 12.1 Å². The van der Waals surface area contributed by atoms with E-state index < -0.39 is 0 Å². The Morgan fingerprint density at radius 1 is 0.656 bits per heavy atom. The van der Waals surface area contributed by atoms with E-state index in [9.17, 15) is 0 Å². The molecule has 3 aromatic carbocycles. The highest BCUT2D eigenvalue weighted by atomic mass is 16.5. The van der Waals surface area contributed by atoms with Crippen molar-refractivity contribution in [3.05, 3.63) is 71.3 Å². The molecule has 3 rings (SSSR count). The van der Waals surface area contributed by atoms with E-state index in [2.05, 4.69) is 49.4 Å². The van der Waals surface area contributed by atoms with Crippen LogP contribution in [0.15, 0.2) is 54.6 Å². The highest BCUT2D eigenvalue weighted by Crippen LogP contribution is 2.43. The largest absolute Gasteiger partial charge is 0.497 e. The molecule has 0 atom stereocenters. The third kappa shape index (κ3) is 5.37. The summed E-state index contributed by atoms with van der Waals surface area (Å²) in [5, 5.41) is 0. The first-order valence-corrected chi connectivity index (χ1v) is 11.2. The summed E-state index contributed by atoms with van der Waals surface area (Å²) < 4.78 is 22.0. The van der Waals surface area contributed by atoms with Crippen LogP contribution in [0.5, 0.6) is 23.0 Å². The molecule has 0 spiro atoms. The van der Waals surface area contributed by atoms with Gasteiger partial charge in [-0.3, -0.25) is 0 Å². The van der Waals surface area contributed by atoms with Crippen LogP contribution < -0.4 is 18.9 Å². The molecule has 0 saturated heterocycles. The second-order valence-electron chi connectivity index (χ2n) is 7.82. The Kier molecular flexibility index (Phi) is 8.43. The molecular formula is C28H34O4. The van der Waals surface area contributed by atoms with Crippen LogP contribution in [0.25, 0.3) is 11.1 Å². The van der Waals surface area contributed by atoms with Crippen molar-refractivity contribution in [1.82, 2.24) is 0 Å². The highest BCUT2D eigenvalue weighted by molar-refractivity contribution is 5.76. The molecule has 0 unspecified atom stereocenters. The summed E-state index contributed by atoms with van der Waals surface area (Å²) in [4.78, 5) is 0. The minimum atomic E-state index is 0.618. The van der Waals surface area contributed by atoms with Crippen LogP contribution in [-0.4, -0.2) is 28.4 Å². The second-order valence-corrected chi connectivity index (χ2v) is 7.82. The van der Waals surface area contributed by atoms with Crippen molar-refractivity contribution in [1.29, 1.82) is 0 Å². The summed E-state index contributed by atoms with van der Waals surface area (Å²) in [6.45, 7) is 2.22. The maximum atomic E-state index is 5.62. The molecular weight excluding hydrogens is 400 g/mol. The van der Waals surface area contributed by atoms with Crippen LogP contribution >= 0.6 is 0 Å². The summed E-state index contributed by atoms with van der Waals surface area (Å²) >= 11 is 0. The van der Waals surface area contributed by atoms with Crippen LogP contribution in [0, 0.1) is 0 Å². The molecule has 0 amide bonds. The van der Waals surface area contributed by atoms with Gasteiger partial charge < -0.3 is 18.9 Å². The summed E-state index contributed by atoms with van der Waals surface area (Å²) in [6.07, 6.45) is 5.21. The zero-order valence-corrected chi connectivity index (χ0v) is 19.9. The summed E-state index contributed by atoms with van der Waals surface area (Å²) in [5.41, 5.74) is 6.40. The quantitative estimate of drug-likeness (QED) is 0.344. The van der Waals surface area contributed by atoms with Crippen molar-refractivity contribution in [3.8, 4) is 34.1 Å². The first kappa shape index (κ1) is 23.5. The molecule has 170 valence electrons. The third-order valence-electron chi connectivity index (χ3n) is 5.78. The molecule has 0 aliphatic heterocycles. The standard InChI is InChI=1S/C28H34O4/c1-6-9-21-12-8-13-22(11-7-10-20-14-16-24(29-2)17-15-20)27(21)23-18-25(30-3)28(32-5)26(19-23)31-4/h8,12-19H,6-7,9-11H2,1-5H3. The number of hydrogen-bond acceptors (Lipinski definition) is 4. The summed E-state index contributed by atoms with van der Waals surface area (Å²) in [6, 6.07) is 19.1. The molecule has 4 nitrogen and oxygen atoms in total. The maximum absolute atomic E-state index is 5.62. The average Bonchev–Trinajstić information content (AvgIpc) is 2.83. The Bertz CT molecular complexity index is 983. The van der Waals surface area contributed by atoms with E-state index in [-0.39, 0.29) is 0 Å². The van der Waals surface area contributed by atoms with Gasteiger partial charge in [-0.2, -0.15) is 0 Å². The van der Waals surface area contributed by atoms with Gasteiger partial charge in [0.2, 0.25) is 5.75 Å². The number of hydrogen-bond donors (Lipinski definition) is 0. The van der Waals surface area contributed by atoms with E-state index in [0.29, 0.717) is 17.2 Å². The highest BCUT2D eigenvalue weighted by Gasteiger charge is 2.18. The monoisotopic (exact) mass is 434 g/mol. The lowest BCUT2D eigenvalue weighted by atomic mass is 9.89. The lowest BCUT2D eigenvalue weighted by Gasteiger charge is -2.19. The lowest BCUT2D eigenvalue weighted by Crippen LogP contribution is -2.00. The van der Waals surface area contributed by atoms with Gasteiger partial charge >= 0.3 is 0 Å². The Balaban J connectivity index is 1.94. The molecule has 0 radical (unpaired) electrons. The fourth-order valence-corrected chi connectivity index (χ4v) is 4.21. The molecule has 3 aromatic rings. The van der Waals surface area contributed by atoms with Gasteiger partial charge in [-0.25, -0.2) is 0 Å². The minimum absolute atomic E-state index is 0.618. The normalized spacial score (nSPS) is 10.7. The number of aryl methyl sites for hydroxylation is 3. The Morgan fingerprint density at radius 3 is 1.81 bits per heavy atom. The van der Waals surface area contributed by atoms with E-state index in [1.165, 1.54) is 22.3 Å². The predicted octanol–water partition coefficient (Wildman–Crippen LogP) is 6.52. The van der Waals surface area contributed by atoms with Crippen molar-refractivity contribution in [2.75, 3.05) is 28.4 Å². The maximum Gasteiger partial charge on any atom is 0.203 e. The van der Waals surface area contributed by atoms with E-state index in [1.54, 1.807) is 28.4 Å². The Morgan fingerprint density at radius 2 is 1.28 bits per heavy atom. The SMILES string of the molecule is CCCc1cccc(CCCc2ccc(OC)cc2)c1-c1cc(OC)c(OC)c(OC)c1. The van der Waals surface area contributed by atoms with Gasteiger partial charge in [0, 0.05) is 0 Å². The molecule has 0 fully saturated rings. The zero-order chi connectivity index (χ0) is 22.9. The molecule has 0 saturated carbocycles. The lowest BCUT2D eigenvalue weighted by molar-refractivity contribution is 0.324. The number of ether oxygens (including phenoxy) is 4. The summed E-state index contributed by atoms with van der Waals surface area (Å²) in [5.74, 6) is 2.87. The Hall–Kier alpha value is -3.14. The van der Waals surface area contributed by atoms with Gasteiger partial charge in [0.15, 0.2) is 11.5 Å². The van der Waals surface area contributed by atoms with Gasteiger partial charge in [0.05, 0.1) is 28.4 Å². The van der Waals surface area contributed by atoms with Gasteiger partial charge in [-0.1, -0.05) is 43.7 Å².